The minimum Gasteiger partial charge on any atom is -0.327 e. The van der Waals surface area contributed by atoms with Crippen LogP contribution in [0.2, 0.25) is 0 Å². The third-order valence-corrected chi connectivity index (χ3v) is 3.23. The molecule has 1 aliphatic heterocycles. The lowest BCUT2D eigenvalue weighted by Crippen LogP contribution is -2.45. The Morgan fingerprint density at radius 2 is 1.71 bits per heavy atom. The molecule has 1 fully saturated rings. The van der Waals surface area contributed by atoms with Gasteiger partial charge in [-0.3, -0.25) is 0 Å². The molecule has 0 aromatic heterocycles. The molecule has 84 valence electrons. The van der Waals surface area contributed by atoms with Gasteiger partial charge >= 0.3 is 0 Å². The van der Waals surface area contributed by atoms with Crippen LogP contribution in [0.15, 0.2) is 0 Å². The van der Waals surface area contributed by atoms with Gasteiger partial charge in [0.15, 0.2) is 0 Å². The lowest BCUT2D eigenvalue weighted by Gasteiger charge is -2.33. The van der Waals surface area contributed by atoms with Crippen molar-refractivity contribution in [1.29, 1.82) is 0 Å². The lowest BCUT2D eigenvalue weighted by atomic mass is 10.0. The predicted octanol–water partition coefficient (Wildman–Crippen LogP) is 0.607. The molecule has 0 radical (unpaired) electrons. The summed E-state index contributed by atoms with van der Waals surface area (Å²) in [7, 11) is 2.19. The van der Waals surface area contributed by atoms with Gasteiger partial charge in [0, 0.05) is 32.2 Å². The molecular formula is C11H25N3. The van der Waals surface area contributed by atoms with Gasteiger partial charge < -0.3 is 15.5 Å². The van der Waals surface area contributed by atoms with Crippen molar-refractivity contribution in [2.75, 3.05) is 39.8 Å². The van der Waals surface area contributed by atoms with E-state index in [1.807, 2.05) is 0 Å². The number of nitrogens with two attached hydrogens (primary N) is 1. The second-order valence-corrected chi connectivity index (χ2v) is 4.84. The molecule has 1 aliphatic rings. The fraction of sp³-hybridized carbons (Fsp3) is 1.00. The molecule has 0 bridgehead atoms. The molecule has 3 nitrogen and oxygen atoms in total. The summed E-state index contributed by atoms with van der Waals surface area (Å²) in [4.78, 5) is 4.92. The first-order valence-electron chi connectivity index (χ1n) is 5.76. The zero-order valence-corrected chi connectivity index (χ0v) is 9.87. The highest BCUT2D eigenvalue weighted by Crippen LogP contribution is 2.06. The Morgan fingerprint density at radius 3 is 2.21 bits per heavy atom. The summed E-state index contributed by atoms with van der Waals surface area (Å²) >= 11 is 0. The SMILES string of the molecule is CC(C)C(N)CCN1CCN(C)CC1. The van der Waals surface area contributed by atoms with Crippen LogP contribution in [0, 0.1) is 5.92 Å². The Kier molecular flexibility index (Phi) is 4.85. The van der Waals surface area contributed by atoms with Crippen molar-refractivity contribution >= 4 is 0 Å². The quantitative estimate of drug-likeness (QED) is 0.720. The Labute approximate surface area is 88.2 Å². The van der Waals surface area contributed by atoms with Crippen molar-refractivity contribution in [1.82, 2.24) is 9.80 Å². The summed E-state index contributed by atoms with van der Waals surface area (Å²) in [5, 5.41) is 0. The van der Waals surface area contributed by atoms with Crippen LogP contribution >= 0.6 is 0 Å². The number of likely N-dealkylation sites (N-methyl/N-ethyl adjacent to an activating group) is 1. The van der Waals surface area contributed by atoms with E-state index in [2.05, 4.69) is 30.7 Å². The molecule has 2 N–H and O–H groups in total. The smallest absolute Gasteiger partial charge is 0.0110 e. The lowest BCUT2D eigenvalue weighted by molar-refractivity contribution is 0.148. The van der Waals surface area contributed by atoms with Gasteiger partial charge in [-0.1, -0.05) is 13.8 Å². The van der Waals surface area contributed by atoms with E-state index in [1.165, 1.54) is 32.7 Å². The van der Waals surface area contributed by atoms with Crippen molar-refractivity contribution in [3.8, 4) is 0 Å². The normalized spacial score (nSPS) is 22.9. The molecule has 1 saturated heterocycles. The third kappa shape index (κ3) is 3.95. The van der Waals surface area contributed by atoms with Gasteiger partial charge in [0.1, 0.15) is 0 Å². The highest BCUT2D eigenvalue weighted by atomic mass is 15.2. The van der Waals surface area contributed by atoms with Crippen LogP contribution in [0.3, 0.4) is 0 Å². The first kappa shape index (κ1) is 12.0. The molecule has 1 atom stereocenters. The highest BCUT2D eigenvalue weighted by molar-refractivity contribution is 4.72. The molecule has 1 rings (SSSR count). The van der Waals surface area contributed by atoms with Crippen molar-refractivity contribution in [3.05, 3.63) is 0 Å². The van der Waals surface area contributed by atoms with Crippen molar-refractivity contribution < 1.29 is 0 Å². The standard InChI is InChI=1S/C11H25N3/c1-10(2)11(12)4-5-14-8-6-13(3)7-9-14/h10-11H,4-9,12H2,1-3H3. The van der Waals surface area contributed by atoms with Crippen LogP contribution in [0.4, 0.5) is 0 Å². The average molecular weight is 199 g/mol. The molecule has 1 heterocycles. The average Bonchev–Trinajstić information content (AvgIpc) is 2.16. The minimum absolute atomic E-state index is 0.370. The van der Waals surface area contributed by atoms with Crippen LogP contribution in [-0.4, -0.2) is 55.6 Å². The molecule has 0 aromatic carbocycles. The van der Waals surface area contributed by atoms with E-state index in [0.717, 1.165) is 6.42 Å². The van der Waals surface area contributed by atoms with E-state index in [4.69, 9.17) is 5.73 Å². The zero-order valence-electron chi connectivity index (χ0n) is 9.87. The number of hydrogen-bond donors (Lipinski definition) is 1. The number of rotatable bonds is 4. The maximum Gasteiger partial charge on any atom is 0.0110 e. The fourth-order valence-electron chi connectivity index (χ4n) is 1.74. The van der Waals surface area contributed by atoms with Crippen LogP contribution in [0.1, 0.15) is 20.3 Å². The van der Waals surface area contributed by atoms with Gasteiger partial charge in [-0.25, -0.2) is 0 Å². The van der Waals surface area contributed by atoms with Crippen molar-refractivity contribution in [2.45, 2.75) is 26.3 Å². The largest absolute Gasteiger partial charge is 0.327 e. The minimum atomic E-state index is 0.370. The monoisotopic (exact) mass is 199 g/mol. The van der Waals surface area contributed by atoms with Gasteiger partial charge in [-0.2, -0.15) is 0 Å². The molecule has 0 saturated carbocycles. The van der Waals surface area contributed by atoms with Crippen LogP contribution in [0.25, 0.3) is 0 Å². The van der Waals surface area contributed by atoms with Gasteiger partial charge in [0.25, 0.3) is 0 Å². The molecule has 0 aromatic rings. The predicted molar refractivity (Wildman–Crippen MR) is 61.4 cm³/mol. The van der Waals surface area contributed by atoms with Crippen LogP contribution in [0.5, 0.6) is 0 Å². The summed E-state index contributed by atoms with van der Waals surface area (Å²) in [5.41, 5.74) is 6.02. The van der Waals surface area contributed by atoms with Crippen molar-refractivity contribution in [2.24, 2.45) is 11.7 Å². The van der Waals surface area contributed by atoms with Gasteiger partial charge in [0.05, 0.1) is 0 Å². The molecule has 0 aliphatic carbocycles. The number of hydrogen-bond acceptors (Lipinski definition) is 3. The third-order valence-electron chi connectivity index (χ3n) is 3.23. The molecule has 14 heavy (non-hydrogen) atoms. The van der Waals surface area contributed by atoms with E-state index in [-0.39, 0.29) is 0 Å². The summed E-state index contributed by atoms with van der Waals surface area (Å²) in [6.45, 7) is 10.4. The Bertz CT molecular complexity index is 151. The summed E-state index contributed by atoms with van der Waals surface area (Å²) in [5.74, 6) is 0.613. The van der Waals surface area contributed by atoms with E-state index in [0.29, 0.717) is 12.0 Å². The van der Waals surface area contributed by atoms with E-state index >= 15 is 0 Å². The Hall–Kier alpha value is -0.120. The summed E-state index contributed by atoms with van der Waals surface area (Å²) < 4.78 is 0. The van der Waals surface area contributed by atoms with Crippen LogP contribution in [-0.2, 0) is 0 Å². The maximum atomic E-state index is 6.02. The summed E-state index contributed by atoms with van der Waals surface area (Å²) in [6, 6.07) is 0.370. The summed E-state index contributed by atoms with van der Waals surface area (Å²) in [6.07, 6.45) is 1.14. The van der Waals surface area contributed by atoms with E-state index in [9.17, 15) is 0 Å². The molecular weight excluding hydrogens is 174 g/mol. The molecule has 3 heteroatoms. The number of piperazine rings is 1. The van der Waals surface area contributed by atoms with Crippen molar-refractivity contribution in [3.63, 3.8) is 0 Å². The maximum absolute atomic E-state index is 6.02. The van der Waals surface area contributed by atoms with E-state index < -0.39 is 0 Å². The topological polar surface area (TPSA) is 32.5 Å². The van der Waals surface area contributed by atoms with Gasteiger partial charge in [-0.05, 0) is 25.9 Å². The Morgan fingerprint density at radius 1 is 1.14 bits per heavy atom. The molecule has 0 spiro atoms. The highest BCUT2D eigenvalue weighted by Gasteiger charge is 2.15. The zero-order chi connectivity index (χ0) is 10.6. The first-order chi connectivity index (χ1) is 6.59. The second kappa shape index (κ2) is 5.69. The molecule has 0 amide bonds. The van der Waals surface area contributed by atoms with E-state index in [1.54, 1.807) is 0 Å². The molecule has 1 unspecified atom stereocenters. The second-order valence-electron chi connectivity index (χ2n) is 4.84. The fourth-order valence-corrected chi connectivity index (χ4v) is 1.74. The van der Waals surface area contributed by atoms with Crippen LogP contribution < -0.4 is 5.73 Å². The van der Waals surface area contributed by atoms with Gasteiger partial charge in [0.2, 0.25) is 0 Å². The first-order valence-corrected chi connectivity index (χ1v) is 5.76. The Balaban J connectivity index is 2.13. The van der Waals surface area contributed by atoms with Gasteiger partial charge in [-0.15, -0.1) is 0 Å². The number of nitrogens with zero attached hydrogens (tertiary/aromatic N) is 2.